The standard InChI is InChI=1S/C22H36N6O3.HI/c1-4-24-22(25-12-18-5-6-19(31-18)21(23)30)27-9-7-26(8-10-27)15-20(29)28-13-16(2)11-17(3)14-28;/h5-6,16-17H,4,7-15H2,1-3H3,(H2,23,30)(H,24,25);1H. The number of nitrogens with one attached hydrogen (secondary N) is 1. The highest BCUT2D eigenvalue weighted by atomic mass is 127. The number of aliphatic imine (C=N–C) groups is 1. The summed E-state index contributed by atoms with van der Waals surface area (Å²) >= 11 is 0. The van der Waals surface area contributed by atoms with Gasteiger partial charge in [-0.3, -0.25) is 14.5 Å². The van der Waals surface area contributed by atoms with E-state index in [1.54, 1.807) is 12.1 Å². The second kappa shape index (κ2) is 12.4. The van der Waals surface area contributed by atoms with E-state index in [9.17, 15) is 9.59 Å². The molecular weight excluding hydrogens is 523 g/mol. The molecule has 0 radical (unpaired) electrons. The summed E-state index contributed by atoms with van der Waals surface area (Å²) in [5.41, 5.74) is 5.24. The van der Waals surface area contributed by atoms with E-state index in [2.05, 4.69) is 34.0 Å². The van der Waals surface area contributed by atoms with Crippen LogP contribution in [0.25, 0.3) is 0 Å². The SMILES string of the molecule is CCNC(=NCc1ccc(C(N)=O)o1)N1CCN(CC(=O)N2CC(C)CC(C)C2)CC1.I. The van der Waals surface area contributed by atoms with Gasteiger partial charge in [0.25, 0.3) is 5.91 Å². The van der Waals surface area contributed by atoms with Crippen LogP contribution in [0.15, 0.2) is 21.5 Å². The average molecular weight is 560 g/mol. The molecule has 0 bridgehead atoms. The fraction of sp³-hybridized carbons (Fsp3) is 0.682. The number of guanidine groups is 1. The van der Waals surface area contributed by atoms with Crippen LogP contribution < -0.4 is 11.1 Å². The molecule has 9 nitrogen and oxygen atoms in total. The lowest BCUT2D eigenvalue weighted by Crippen LogP contribution is -2.55. The van der Waals surface area contributed by atoms with Crippen LogP contribution in [-0.2, 0) is 11.3 Å². The van der Waals surface area contributed by atoms with Crippen molar-refractivity contribution in [2.24, 2.45) is 22.6 Å². The number of carbonyl (C=O) groups is 2. The average Bonchev–Trinajstić information content (AvgIpc) is 3.20. The Hall–Kier alpha value is -1.82. The first kappa shape index (κ1) is 26.4. The Bertz CT molecular complexity index is 780. The molecule has 180 valence electrons. The molecule has 2 fully saturated rings. The van der Waals surface area contributed by atoms with Gasteiger partial charge in [-0.25, -0.2) is 4.99 Å². The van der Waals surface area contributed by atoms with Gasteiger partial charge in [0.2, 0.25) is 5.91 Å². The lowest BCUT2D eigenvalue weighted by molar-refractivity contribution is -0.135. The molecule has 1 aromatic rings. The van der Waals surface area contributed by atoms with E-state index < -0.39 is 5.91 Å². The Balaban J connectivity index is 0.00000363. The van der Waals surface area contributed by atoms with E-state index in [1.165, 1.54) is 6.42 Å². The highest BCUT2D eigenvalue weighted by molar-refractivity contribution is 14.0. The minimum atomic E-state index is -0.582. The van der Waals surface area contributed by atoms with Crippen LogP contribution >= 0.6 is 24.0 Å². The van der Waals surface area contributed by atoms with Crippen LogP contribution in [0.4, 0.5) is 0 Å². The van der Waals surface area contributed by atoms with E-state index in [-0.39, 0.29) is 35.6 Å². The predicted octanol–water partition coefficient (Wildman–Crippen LogP) is 1.58. The smallest absolute Gasteiger partial charge is 0.284 e. The summed E-state index contributed by atoms with van der Waals surface area (Å²) in [6, 6.07) is 3.29. The number of nitrogens with two attached hydrogens (primary N) is 1. The summed E-state index contributed by atoms with van der Waals surface area (Å²) < 4.78 is 5.42. The molecule has 2 saturated heterocycles. The molecule has 2 aliphatic heterocycles. The fourth-order valence-electron chi connectivity index (χ4n) is 4.45. The van der Waals surface area contributed by atoms with Gasteiger partial charge in [-0.2, -0.15) is 0 Å². The zero-order valence-corrected chi connectivity index (χ0v) is 21.7. The number of carbonyl (C=O) groups excluding carboxylic acids is 2. The number of nitrogens with zero attached hydrogens (tertiary/aromatic N) is 4. The van der Waals surface area contributed by atoms with Crippen LogP contribution in [-0.4, -0.2) is 84.8 Å². The molecule has 2 atom stereocenters. The van der Waals surface area contributed by atoms with Gasteiger partial charge >= 0.3 is 0 Å². The van der Waals surface area contributed by atoms with E-state index >= 15 is 0 Å². The normalized spacial score (nSPS) is 22.4. The summed E-state index contributed by atoms with van der Waals surface area (Å²) in [6.45, 7) is 13.1. The molecule has 32 heavy (non-hydrogen) atoms. The summed E-state index contributed by atoms with van der Waals surface area (Å²) in [4.78, 5) is 35.1. The lowest BCUT2D eigenvalue weighted by atomic mass is 9.92. The van der Waals surface area contributed by atoms with Crippen LogP contribution in [0, 0.1) is 11.8 Å². The number of furan rings is 1. The summed E-state index contributed by atoms with van der Waals surface area (Å²) in [7, 11) is 0. The molecule has 1 aromatic heterocycles. The Labute approximate surface area is 207 Å². The number of halogens is 1. The van der Waals surface area contributed by atoms with Crippen LogP contribution in [0.1, 0.15) is 43.5 Å². The zero-order valence-electron chi connectivity index (χ0n) is 19.4. The maximum atomic E-state index is 12.8. The summed E-state index contributed by atoms with van der Waals surface area (Å²) in [5, 5.41) is 3.32. The van der Waals surface area contributed by atoms with Gasteiger partial charge in [0, 0.05) is 45.8 Å². The first-order valence-electron chi connectivity index (χ1n) is 11.3. The van der Waals surface area contributed by atoms with Crippen LogP contribution in [0.2, 0.25) is 0 Å². The van der Waals surface area contributed by atoms with Gasteiger partial charge in [0.15, 0.2) is 11.7 Å². The highest BCUT2D eigenvalue weighted by Crippen LogP contribution is 2.21. The first-order chi connectivity index (χ1) is 14.9. The van der Waals surface area contributed by atoms with E-state index in [0.29, 0.717) is 30.7 Å². The Morgan fingerprint density at radius 2 is 1.78 bits per heavy atom. The number of likely N-dealkylation sites (tertiary alicyclic amines) is 1. The number of hydrogen-bond donors (Lipinski definition) is 2. The zero-order chi connectivity index (χ0) is 22.4. The molecule has 10 heteroatoms. The maximum absolute atomic E-state index is 12.8. The van der Waals surface area contributed by atoms with Crippen molar-refractivity contribution in [1.82, 2.24) is 20.0 Å². The Morgan fingerprint density at radius 3 is 2.34 bits per heavy atom. The van der Waals surface area contributed by atoms with Crippen molar-refractivity contribution < 1.29 is 14.0 Å². The minimum absolute atomic E-state index is 0. The van der Waals surface area contributed by atoms with Crippen LogP contribution in [0.3, 0.4) is 0 Å². The summed E-state index contributed by atoms with van der Waals surface area (Å²) in [6.07, 6.45) is 1.21. The van der Waals surface area contributed by atoms with E-state index in [1.807, 2.05) is 11.8 Å². The van der Waals surface area contributed by atoms with Gasteiger partial charge in [-0.05, 0) is 37.3 Å². The van der Waals surface area contributed by atoms with Gasteiger partial charge in [0.1, 0.15) is 12.3 Å². The molecule has 2 aliphatic rings. The second-order valence-electron chi connectivity index (χ2n) is 8.81. The number of piperazine rings is 1. The molecular formula is C22H37IN6O3. The van der Waals surface area contributed by atoms with Crippen molar-refractivity contribution in [2.75, 3.05) is 52.4 Å². The van der Waals surface area contributed by atoms with Gasteiger partial charge in [-0.1, -0.05) is 13.8 Å². The van der Waals surface area contributed by atoms with Gasteiger partial charge in [-0.15, -0.1) is 24.0 Å². The van der Waals surface area contributed by atoms with Crippen molar-refractivity contribution >= 4 is 41.8 Å². The quantitative estimate of drug-likeness (QED) is 0.311. The van der Waals surface area contributed by atoms with Gasteiger partial charge < -0.3 is 25.3 Å². The van der Waals surface area contributed by atoms with E-state index in [0.717, 1.165) is 51.8 Å². The largest absolute Gasteiger partial charge is 0.454 e. The predicted molar refractivity (Wildman–Crippen MR) is 135 cm³/mol. The number of piperidine rings is 1. The molecule has 0 spiro atoms. The van der Waals surface area contributed by atoms with Crippen molar-refractivity contribution in [2.45, 2.75) is 33.7 Å². The first-order valence-corrected chi connectivity index (χ1v) is 11.3. The third kappa shape index (κ3) is 7.36. The fourth-order valence-corrected chi connectivity index (χ4v) is 4.45. The number of amides is 2. The summed E-state index contributed by atoms with van der Waals surface area (Å²) in [5.74, 6) is 2.37. The molecule has 3 N–H and O–H groups in total. The molecule has 0 aromatic carbocycles. The molecule has 0 saturated carbocycles. The molecule has 3 heterocycles. The number of primary amides is 1. The minimum Gasteiger partial charge on any atom is -0.454 e. The van der Waals surface area contributed by atoms with E-state index in [4.69, 9.17) is 10.2 Å². The third-order valence-corrected chi connectivity index (χ3v) is 5.88. The highest BCUT2D eigenvalue weighted by Gasteiger charge is 2.28. The third-order valence-electron chi connectivity index (χ3n) is 5.88. The Morgan fingerprint density at radius 1 is 1.12 bits per heavy atom. The molecule has 2 unspecified atom stereocenters. The van der Waals surface area contributed by atoms with Crippen molar-refractivity contribution in [3.63, 3.8) is 0 Å². The van der Waals surface area contributed by atoms with Crippen molar-refractivity contribution in [3.05, 3.63) is 23.7 Å². The molecule has 2 amide bonds. The Kier molecular flexibility index (Phi) is 10.3. The number of hydrogen-bond acceptors (Lipinski definition) is 5. The van der Waals surface area contributed by atoms with Crippen LogP contribution in [0.5, 0.6) is 0 Å². The maximum Gasteiger partial charge on any atom is 0.284 e. The lowest BCUT2D eigenvalue weighted by Gasteiger charge is -2.39. The monoisotopic (exact) mass is 560 g/mol. The molecule has 3 rings (SSSR count). The topological polar surface area (TPSA) is 107 Å². The van der Waals surface area contributed by atoms with Crippen molar-refractivity contribution in [1.29, 1.82) is 0 Å². The second-order valence-corrected chi connectivity index (χ2v) is 8.81. The number of rotatable bonds is 6. The van der Waals surface area contributed by atoms with Gasteiger partial charge in [0.05, 0.1) is 6.54 Å². The molecule has 0 aliphatic carbocycles. The van der Waals surface area contributed by atoms with Crippen molar-refractivity contribution in [3.8, 4) is 0 Å².